The zero-order valence-electron chi connectivity index (χ0n) is 7.45. The fourth-order valence-corrected chi connectivity index (χ4v) is 1.70. The number of piperidine rings is 1. The van der Waals surface area contributed by atoms with Crippen molar-refractivity contribution >= 4 is 0 Å². The van der Waals surface area contributed by atoms with Gasteiger partial charge >= 0.3 is 0 Å². The number of aromatic amines is 1. The van der Waals surface area contributed by atoms with E-state index in [2.05, 4.69) is 20.5 Å². The maximum atomic E-state index is 10.1. The minimum absolute atomic E-state index is 0.578. The van der Waals surface area contributed by atoms with Crippen LogP contribution in [0.5, 0.6) is 0 Å². The number of aliphatic hydroxyl groups is 1. The van der Waals surface area contributed by atoms with E-state index in [1.165, 1.54) is 6.33 Å². The molecular formula is C8H14N4O. The Morgan fingerprint density at radius 2 is 2.23 bits per heavy atom. The molecule has 1 saturated heterocycles. The van der Waals surface area contributed by atoms with Crippen molar-refractivity contribution in [3.8, 4) is 0 Å². The summed E-state index contributed by atoms with van der Waals surface area (Å²) in [6.07, 6.45) is 3.62. The highest BCUT2D eigenvalue weighted by molar-refractivity contribution is 4.94. The summed E-state index contributed by atoms with van der Waals surface area (Å²) in [6, 6.07) is 0. The van der Waals surface area contributed by atoms with Gasteiger partial charge < -0.3 is 10.4 Å². The first-order valence-electron chi connectivity index (χ1n) is 4.56. The third-order valence-corrected chi connectivity index (χ3v) is 2.50. The normalized spacial score (nSPS) is 21.6. The molecule has 3 N–H and O–H groups in total. The molecule has 5 nitrogen and oxygen atoms in total. The van der Waals surface area contributed by atoms with E-state index in [0.29, 0.717) is 6.42 Å². The third-order valence-electron chi connectivity index (χ3n) is 2.50. The third kappa shape index (κ3) is 2.05. The molecule has 0 amide bonds. The average Bonchev–Trinajstić information content (AvgIpc) is 2.57. The van der Waals surface area contributed by atoms with E-state index in [9.17, 15) is 5.11 Å². The van der Waals surface area contributed by atoms with Crippen LogP contribution in [0.1, 0.15) is 18.7 Å². The SMILES string of the molecule is OC1(Cc2ncn[nH]2)CCNCC1. The lowest BCUT2D eigenvalue weighted by Crippen LogP contribution is -2.43. The summed E-state index contributed by atoms with van der Waals surface area (Å²) in [5.41, 5.74) is -0.592. The second-order valence-electron chi connectivity index (χ2n) is 3.58. The van der Waals surface area contributed by atoms with E-state index in [1.54, 1.807) is 0 Å². The number of rotatable bonds is 2. The van der Waals surface area contributed by atoms with Gasteiger partial charge in [-0.2, -0.15) is 5.10 Å². The van der Waals surface area contributed by atoms with Gasteiger partial charge in [0.1, 0.15) is 12.2 Å². The Kier molecular flexibility index (Phi) is 2.28. The quantitative estimate of drug-likeness (QED) is 0.574. The van der Waals surface area contributed by atoms with Gasteiger partial charge in [0.2, 0.25) is 0 Å². The highest BCUT2D eigenvalue weighted by atomic mass is 16.3. The van der Waals surface area contributed by atoms with Gasteiger partial charge in [-0.3, -0.25) is 5.10 Å². The van der Waals surface area contributed by atoms with Gasteiger partial charge in [0, 0.05) is 6.42 Å². The standard InChI is InChI=1S/C8H14N4O/c13-8(1-3-9-4-2-8)5-7-10-6-11-12-7/h6,9,13H,1-5H2,(H,10,11,12). The lowest BCUT2D eigenvalue weighted by Gasteiger charge is -2.31. The van der Waals surface area contributed by atoms with E-state index < -0.39 is 5.60 Å². The van der Waals surface area contributed by atoms with Gasteiger partial charge in [-0.1, -0.05) is 0 Å². The van der Waals surface area contributed by atoms with E-state index in [0.717, 1.165) is 31.8 Å². The highest BCUT2D eigenvalue weighted by Gasteiger charge is 2.30. The molecular weight excluding hydrogens is 168 g/mol. The van der Waals surface area contributed by atoms with Gasteiger partial charge in [-0.25, -0.2) is 4.98 Å². The number of aromatic nitrogens is 3. The molecule has 0 atom stereocenters. The van der Waals surface area contributed by atoms with E-state index >= 15 is 0 Å². The Morgan fingerprint density at radius 1 is 1.46 bits per heavy atom. The van der Waals surface area contributed by atoms with Gasteiger partial charge in [0.05, 0.1) is 5.60 Å². The van der Waals surface area contributed by atoms with Crippen LogP contribution >= 0.6 is 0 Å². The monoisotopic (exact) mass is 182 g/mol. The molecule has 1 aromatic rings. The Morgan fingerprint density at radius 3 is 2.85 bits per heavy atom. The first-order chi connectivity index (χ1) is 6.29. The zero-order valence-corrected chi connectivity index (χ0v) is 7.45. The molecule has 0 saturated carbocycles. The molecule has 0 radical (unpaired) electrons. The fraction of sp³-hybridized carbons (Fsp3) is 0.750. The molecule has 13 heavy (non-hydrogen) atoms. The number of H-pyrrole nitrogens is 1. The smallest absolute Gasteiger partial charge is 0.137 e. The molecule has 1 fully saturated rings. The Hall–Kier alpha value is -0.940. The Balaban J connectivity index is 1.99. The number of nitrogens with one attached hydrogen (secondary N) is 2. The van der Waals surface area contributed by atoms with Gasteiger partial charge in [0.25, 0.3) is 0 Å². The molecule has 0 spiro atoms. The molecule has 72 valence electrons. The molecule has 0 aliphatic carbocycles. The van der Waals surface area contributed by atoms with Crippen molar-refractivity contribution in [1.82, 2.24) is 20.5 Å². The second kappa shape index (κ2) is 3.43. The summed E-state index contributed by atoms with van der Waals surface area (Å²) >= 11 is 0. The number of hydrogen-bond acceptors (Lipinski definition) is 4. The van der Waals surface area contributed by atoms with Crippen LogP contribution in [-0.2, 0) is 6.42 Å². The highest BCUT2D eigenvalue weighted by Crippen LogP contribution is 2.21. The summed E-state index contributed by atoms with van der Waals surface area (Å²) < 4.78 is 0. The summed E-state index contributed by atoms with van der Waals surface area (Å²) in [4.78, 5) is 4.01. The van der Waals surface area contributed by atoms with Crippen LogP contribution < -0.4 is 5.32 Å². The summed E-state index contributed by atoms with van der Waals surface area (Å²) in [5, 5.41) is 19.9. The van der Waals surface area contributed by atoms with Crippen LogP contribution in [0.15, 0.2) is 6.33 Å². The molecule has 2 rings (SSSR count). The minimum atomic E-state index is -0.592. The minimum Gasteiger partial charge on any atom is -0.389 e. The first-order valence-corrected chi connectivity index (χ1v) is 4.56. The number of hydrogen-bond donors (Lipinski definition) is 3. The molecule has 1 aliphatic rings. The predicted octanol–water partition coefficient (Wildman–Crippen LogP) is -0.538. The van der Waals surface area contributed by atoms with Crippen LogP contribution in [0.2, 0.25) is 0 Å². The van der Waals surface area contributed by atoms with Crippen molar-refractivity contribution in [2.45, 2.75) is 24.9 Å². The lowest BCUT2D eigenvalue weighted by atomic mass is 9.89. The van der Waals surface area contributed by atoms with Gasteiger partial charge in [-0.15, -0.1) is 0 Å². The van der Waals surface area contributed by atoms with Crippen molar-refractivity contribution in [2.24, 2.45) is 0 Å². The van der Waals surface area contributed by atoms with Gasteiger partial charge in [0.15, 0.2) is 0 Å². The largest absolute Gasteiger partial charge is 0.389 e. The van der Waals surface area contributed by atoms with Crippen molar-refractivity contribution in [3.05, 3.63) is 12.2 Å². The van der Waals surface area contributed by atoms with Crippen LogP contribution in [0.4, 0.5) is 0 Å². The van der Waals surface area contributed by atoms with Crippen molar-refractivity contribution in [1.29, 1.82) is 0 Å². The number of nitrogens with zero attached hydrogens (tertiary/aromatic N) is 2. The molecule has 5 heteroatoms. The van der Waals surface area contributed by atoms with E-state index in [1.807, 2.05) is 0 Å². The average molecular weight is 182 g/mol. The molecule has 1 aromatic heterocycles. The lowest BCUT2D eigenvalue weighted by molar-refractivity contribution is 0.00917. The van der Waals surface area contributed by atoms with Crippen molar-refractivity contribution < 1.29 is 5.11 Å². The van der Waals surface area contributed by atoms with E-state index in [-0.39, 0.29) is 0 Å². The van der Waals surface area contributed by atoms with Crippen LogP contribution in [-0.4, -0.2) is 39.0 Å². The summed E-state index contributed by atoms with van der Waals surface area (Å²) in [5.74, 6) is 0.768. The van der Waals surface area contributed by atoms with Gasteiger partial charge in [-0.05, 0) is 25.9 Å². The molecule has 1 aliphatic heterocycles. The Bertz CT molecular complexity index is 253. The van der Waals surface area contributed by atoms with Crippen LogP contribution in [0.25, 0.3) is 0 Å². The topological polar surface area (TPSA) is 73.8 Å². The second-order valence-corrected chi connectivity index (χ2v) is 3.58. The van der Waals surface area contributed by atoms with Crippen molar-refractivity contribution in [3.63, 3.8) is 0 Å². The first kappa shape index (κ1) is 8.65. The van der Waals surface area contributed by atoms with E-state index in [4.69, 9.17) is 0 Å². The fourth-order valence-electron chi connectivity index (χ4n) is 1.70. The maximum absolute atomic E-state index is 10.1. The summed E-state index contributed by atoms with van der Waals surface area (Å²) in [7, 11) is 0. The zero-order chi connectivity index (χ0) is 9.15. The molecule has 2 heterocycles. The Labute approximate surface area is 76.6 Å². The van der Waals surface area contributed by atoms with Crippen LogP contribution in [0.3, 0.4) is 0 Å². The molecule has 0 bridgehead atoms. The van der Waals surface area contributed by atoms with Crippen molar-refractivity contribution in [2.75, 3.05) is 13.1 Å². The maximum Gasteiger partial charge on any atom is 0.137 e. The molecule has 0 unspecified atom stereocenters. The molecule has 0 aromatic carbocycles. The summed E-state index contributed by atoms with van der Waals surface area (Å²) in [6.45, 7) is 1.76. The predicted molar refractivity (Wildman–Crippen MR) is 47.1 cm³/mol. The van der Waals surface area contributed by atoms with Crippen LogP contribution in [0, 0.1) is 0 Å².